The van der Waals surface area contributed by atoms with Gasteiger partial charge < -0.3 is 4.42 Å². The van der Waals surface area contributed by atoms with Crippen molar-refractivity contribution in [1.82, 2.24) is 0 Å². The van der Waals surface area contributed by atoms with Crippen molar-refractivity contribution >= 4 is 92.3 Å². The number of hydrogen-bond donors (Lipinski definition) is 0. The van der Waals surface area contributed by atoms with Gasteiger partial charge in [-0.1, -0.05) is 140 Å². The molecule has 2 heteroatoms. The summed E-state index contributed by atoms with van der Waals surface area (Å²) in [5, 5.41) is 16.9. The number of benzene rings is 10. The van der Waals surface area contributed by atoms with Crippen LogP contribution in [0, 0.1) is 6.57 Å². The molecule has 0 aliphatic carbocycles. The number of nitrogens with zero attached hydrogens (tertiary/aromatic N) is 1. The summed E-state index contributed by atoms with van der Waals surface area (Å²) >= 11 is 0. The van der Waals surface area contributed by atoms with E-state index in [4.69, 9.17) is 11.0 Å². The van der Waals surface area contributed by atoms with Gasteiger partial charge in [-0.15, -0.1) is 0 Å². The molecule has 11 aromatic rings. The largest absolute Gasteiger partial charge is 0.456 e. The van der Waals surface area contributed by atoms with E-state index in [1.807, 2.05) is 12.1 Å². The van der Waals surface area contributed by atoms with Crippen LogP contribution >= 0.6 is 0 Å². The molecule has 0 spiro atoms. The number of rotatable bonds is 2. The fraction of sp³-hybridized carbons (Fsp3) is 0. The number of hydrogen-bond acceptors (Lipinski definition) is 1. The van der Waals surface area contributed by atoms with Gasteiger partial charge in [0, 0.05) is 10.8 Å². The summed E-state index contributed by atoms with van der Waals surface area (Å²) in [4.78, 5) is 3.63. The topological polar surface area (TPSA) is 17.5 Å². The van der Waals surface area contributed by atoms with Crippen LogP contribution in [0.15, 0.2) is 168 Å². The molecule has 0 N–H and O–H groups in total. The predicted octanol–water partition coefficient (Wildman–Crippen LogP) is 14.4. The van der Waals surface area contributed by atoms with Crippen molar-refractivity contribution in [3.8, 4) is 22.3 Å². The first-order valence-electron chi connectivity index (χ1n) is 17.3. The van der Waals surface area contributed by atoms with E-state index in [0.717, 1.165) is 22.1 Å². The molecule has 0 saturated heterocycles. The van der Waals surface area contributed by atoms with Crippen LogP contribution in [-0.4, -0.2) is 0 Å². The van der Waals surface area contributed by atoms with Gasteiger partial charge >= 0.3 is 0 Å². The monoisotopic (exact) mass is 645 g/mol. The molecule has 11 rings (SSSR count). The Balaban J connectivity index is 1.22. The second kappa shape index (κ2) is 10.5. The highest BCUT2D eigenvalue weighted by molar-refractivity contribution is 6.31. The maximum Gasteiger partial charge on any atom is 0.187 e. The van der Waals surface area contributed by atoms with E-state index in [9.17, 15) is 0 Å². The smallest absolute Gasteiger partial charge is 0.187 e. The Bertz CT molecular complexity index is 3250. The van der Waals surface area contributed by atoms with E-state index in [1.165, 1.54) is 86.7 Å². The van der Waals surface area contributed by atoms with Crippen LogP contribution in [-0.2, 0) is 0 Å². The van der Waals surface area contributed by atoms with Crippen molar-refractivity contribution in [3.05, 3.63) is 175 Å². The molecule has 0 bridgehead atoms. The molecule has 0 aliphatic rings. The van der Waals surface area contributed by atoms with Gasteiger partial charge in [0.2, 0.25) is 0 Å². The summed E-state index contributed by atoms with van der Waals surface area (Å²) in [5.41, 5.74) is 7.20. The number of furan rings is 1. The minimum absolute atomic E-state index is 0.648. The van der Waals surface area contributed by atoms with E-state index >= 15 is 0 Å². The van der Waals surface area contributed by atoms with Crippen molar-refractivity contribution in [3.63, 3.8) is 0 Å². The molecule has 0 atom stereocenters. The fourth-order valence-corrected chi connectivity index (χ4v) is 8.60. The van der Waals surface area contributed by atoms with Gasteiger partial charge in [-0.25, -0.2) is 4.85 Å². The van der Waals surface area contributed by atoms with Gasteiger partial charge in [-0.3, -0.25) is 0 Å². The Kier molecular flexibility index (Phi) is 5.77. The Morgan fingerprint density at radius 1 is 0.353 bits per heavy atom. The molecule has 0 unspecified atom stereocenters. The average Bonchev–Trinajstić information content (AvgIpc) is 3.57. The first-order chi connectivity index (χ1) is 25.2. The molecule has 51 heavy (non-hydrogen) atoms. The van der Waals surface area contributed by atoms with E-state index < -0.39 is 0 Å². The summed E-state index contributed by atoms with van der Waals surface area (Å²) in [6.45, 7) is 7.46. The lowest BCUT2D eigenvalue weighted by Gasteiger charge is -2.18. The molecule has 1 heterocycles. The lowest BCUT2D eigenvalue weighted by molar-refractivity contribution is 0.670. The van der Waals surface area contributed by atoms with Gasteiger partial charge in [0.15, 0.2) is 5.69 Å². The lowest BCUT2D eigenvalue weighted by Crippen LogP contribution is -1.91. The van der Waals surface area contributed by atoms with Crippen LogP contribution in [0.25, 0.3) is 114 Å². The Morgan fingerprint density at radius 2 is 0.863 bits per heavy atom. The lowest BCUT2D eigenvalue weighted by atomic mass is 9.85. The summed E-state index contributed by atoms with van der Waals surface area (Å²) in [5.74, 6) is 0. The summed E-state index contributed by atoms with van der Waals surface area (Å²) in [6, 6.07) is 58.7. The predicted molar refractivity (Wildman–Crippen MR) is 216 cm³/mol. The molecule has 0 amide bonds. The molecule has 10 aromatic carbocycles. The van der Waals surface area contributed by atoms with Crippen molar-refractivity contribution in [2.24, 2.45) is 0 Å². The maximum atomic E-state index is 7.46. The summed E-state index contributed by atoms with van der Waals surface area (Å²) < 4.78 is 6.57. The van der Waals surface area contributed by atoms with Crippen molar-refractivity contribution in [2.75, 3.05) is 0 Å². The first-order valence-corrected chi connectivity index (χ1v) is 17.3. The minimum atomic E-state index is 0.648. The molecule has 1 aromatic heterocycles. The van der Waals surface area contributed by atoms with Crippen LogP contribution < -0.4 is 0 Å². The highest BCUT2D eigenvalue weighted by Gasteiger charge is 2.19. The Morgan fingerprint density at radius 3 is 1.51 bits per heavy atom. The zero-order valence-electron chi connectivity index (χ0n) is 27.4. The summed E-state index contributed by atoms with van der Waals surface area (Å²) in [6.07, 6.45) is 0. The highest BCUT2D eigenvalue weighted by Crippen LogP contribution is 2.46. The molecule has 0 saturated carbocycles. The van der Waals surface area contributed by atoms with Gasteiger partial charge in [-0.05, 0) is 111 Å². The Hall–Kier alpha value is -6.95. The zero-order chi connectivity index (χ0) is 33.6. The fourth-order valence-electron chi connectivity index (χ4n) is 8.60. The molecule has 0 fully saturated rings. The van der Waals surface area contributed by atoms with Gasteiger partial charge in [0.1, 0.15) is 11.2 Å². The SMILES string of the molecule is [C-]#[N+]c1ccc(-c2c3ccccc3c(-c3ccc4c(c3)c3ccccc3c3cc5c(cc43)oc3ccc4ccccc4c35)c3ccccc23)cc1. The Labute approximate surface area is 293 Å². The maximum absolute atomic E-state index is 7.46. The second-order valence-electron chi connectivity index (χ2n) is 13.5. The number of fused-ring (bicyclic) bond motifs is 13. The highest BCUT2D eigenvalue weighted by atomic mass is 16.3. The van der Waals surface area contributed by atoms with Crippen molar-refractivity contribution in [2.45, 2.75) is 0 Å². The van der Waals surface area contributed by atoms with E-state index in [1.54, 1.807) is 0 Å². The minimum Gasteiger partial charge on any atom is -0.456 e. The molecule has 0 aliphatic heterocycles. The third-order valence-electron chi connectivity index (χ3n) is 10.8. The molecular weight excluding hydrogens is 619 g/mol. The van der Waals surface area contributed by atoms with Gasteiger partial charge in [-0.2, -0.15) is 0 Å². The van der Waals surface area contributed by atoms with Crippen LogP contribution in [0.4, 0.5) is 5.69 Å². The van der Waals surface area contributed by atoms with Gasteiger partial charge in [0.05, 0.1) is 6.57 Å². The standard InChI is InChI=1S/C49H27NO/c1-50-32-22-18-30(19-23-32)47-37-14-6-8-16-39(37)48(40-17-9-7-15-38(40)47)31-20-24-36-41(26-31)34-12-4-5-13-35(34)42-27-44-46(28-43(36)42)51-45-25-21-29-10-2-3-11-33(29)49(44)45/h2-28H. The van der Waals surface area contributed by atoms with Crippen molar-refractivity contribution < 1.29 is 4.42 Å². The second-order valence-corrected chi connectivity index (χ2v) is 13.5. The van der Waals surface area contributed by atoms with Crippen LogP contribution in [0.5, 0.6) is 0 Å². The summed E-state index contributed by atoms with van der Waals surface area (Å²) in [7, 11) is 0. The van der Waals surface area contributed by atoms with Crippen LogP contribution in [0.3, 0.4) is 0 Å². The average molecular weight is 646 g/mol. The van der Waals surface area contributed by atoms with E-state index in [0.29, 0.717) is 5.69 Å². The molecule has 2 nitrogen and oxygen atoms in total. The quantitative estimate of drug-likeness (QED) is 0.104. The zero-order valence-corrected chi connectivity index (χ0v) is 27.4. The van der Waals surface area contributed by atoms with Crippen LogP contribution in [0.2, 0.25) is 0 Å². The van der Waals surface area contributed by atoms with Gasteiger partial charge in [0.25, 0.3) is 0 Å². The van der Waals surface area contributed by atoms with Crippen LogP contribution in [0.1, 0.15) is 0 Å². The molecule has 234 valence electrons. The van der Waals surface area contributed by atoms with E-state index in [2.05, 4.69) is 157 Å². The molecular formula is C49H27NO. The molecule has 0 radical (unpaired) electrons. The van der Waals surface area contributed by atoms with Crippen molar-refractivity contribution in [1.29, 1.82) is 0 Å². The first kappa shape index (κ1) is 27.9. The normalized spacial score (nSPS) is 11.9. The third kappa shape index (κ3) is 3.98. The third-order valence-corrected chi connectivity index (χ3v) is 10.8. The van der Waals surface area contributed by atoms with E-state index in [-0.39, 0.29) is 0 Å².